The van der Waals surface area contributed by atoms with Crippen molar-refractivity contribution < 1.29 is 14.3 Å². The molecule has 3 aliphatic rings. The normalized spacial score (nSPS) is 24.7. The number of carbonyl (C=O) groups is 1. The predicted molar refractivity (Wildman–Crippen MR) is 155 cm³/mol. The summed E-state index contributed by atoms with van der Waals surface area (Å²) in [6.07, 6.45) is -0.789. The van der Waals surface area contributed by atoms with Crippen molar-refractivity contribution in [2.75, 3.05) is 0 Å². The van der Waals surface area contributed by atoms with Gasteiger partial charge in [-0.2, -0.15) is 0 Å². The van der Waals surface area contributed by atoms with E-state index in [2.05, 4.69) is 72.8 Å². The third-order valence-electron chi connectivity index (χ3n) is 8.80. The van der Waals surface area contributed by atoms with E-state index in [0.29, 0.717) is 0 Å². The molecular formula is C36H30O3. The van der Waals surface area contributed by atoms with Gasteiger partial charge < -0.3 is 9.47 Å². The van der Waals surface area contributed by atoms with Crippen molar-refractivity contribution in [2.45, 2.75) is 38.3 Å². The van der Waals surface area contributed by atoms with Crippen molar-refractivity contribution in [2.24, 2.45) is 5.41 Å². The topological polar surface area (TPSA) is 35.5 Å². The molecule has 1 aliphatic carbocycles. The second-order valence-electron chi connectivity index (χ2n) is 11.2. The highest BCUT2D eigenvalue weighted by Gasteiger charge is 2.76. The largest absolute Gasteiger partial charge is 0.334 e. The van der Waals surface area contributed by atoms with E-state index in [9.17, 15) is 4.79 Å². The molecule has 3 nitrogen and oxygen atoms in total. The van der Waals surface area contributed by atoms with Crippen molar-refractivity contribution >= 4 is 28.1 Å². The smallest absolute Gasteiger partial charge is 0.180 e. The second kappa shape index (κ2) is 8.47. The van der Waals surface area contributed by atoms with Gasteiger partial charge in [0, 0.05) is 11.1 Å². The Morgan fingerprint density at radius 2 is 0.897 bits per heavy atom. The van der Waals surface area contributed by atoms with Crippen molar-refractivity contribution in [3.05, 3.63) is 144 Å². The van der Waals surface area contributed by atoms with E-state index in [-0.39, 0.29) is 5.78 Å². The van der Waals surface area contributed by atoms with Gasteiger partial charge in [-0.15, -0.1) is 0 Å². The van der Waals surface area contributed by atoms with Gasteiger partial charge in [0.2, 0.25) is 0 Å². The number of hydrogen-bond donors (Lipinski definition) is 0. The molecule has 4 aromatic carbocycles. The maximum atomic E-state index is 14.2. The fourth-order valence-corrected chi connectivity index (χ4v) is 6.58. The Morgan fingerprint density at radius 3 is 1.23 bits per heavy atom. The molecule has 2 aliphatic heterocycles. The first-order chi connectivity index (χ1) is 18.9. The zero-order valence-electron chi connectivity index (χ0n) is 22.3. The van der Waals surface area contributed by atoms with Crippen LogP contribution in [0, 0.1) is 5.41 Å². The van der Waals surface area contributed by atoms with Crippen molar-refractivity contribution in [1.82, 2.24) is 0 Å². The molecule has 2 atom stereocenters. The quantitative estimate of drug-likeness (QED) is 0.282. The van der Waals surface area contributed by atoms with Crippen molar-refractivity contribution in [1.29, 1.82) is 0 Å². The Bertz CT molecular complexity index is 1530. The van der Waals surface area contributed by atoms with Crippen LogP contribution in [0.4, 0.5) is 0 Å². The number of fused-ring (bicyclic) bond motifs is 3. The number of hydrogen-bond acceptors (Lipinski definition) is 3. The van der Waals surface area contributed by atoms with Gasteiger partial charge in [-0.1, -0.05) is 121 Å². The Kier molecular flexibility index (Phi) is 5.22. The highest BCUT2D eigenvalue weighted by atomic mass is 16.8. The van der Waals surface area contributed by atoms with Crippen LogP contribution in [0.15, 0.2) is 121 Å². The SMILES string of the molecule is CC1(C)C(=O)[C@@H]2O[C@@]1(C)OC21C(c2ccccc2)=C(c2ccccc2)C(c2ccccc2)=C1c1ccccc1. The predicted octanol–water partition coefficient (Wildman–Crippen LogP) is 7.70. The Morgan fingerprint density at radius 1 is 0.538 bits per heavy atom. The third kappa shape index (κ3) is 3.21. The van der Waals surface area contributed by atoms with E-state index in [0.717, 1.165) is 44.5 Å². The minimum atomic E-state index is -1.12. The maximum Gasteiger partial charge on any atom is 0.180 e. The summed E-state index contributed by atoms with van der Waals surface area (Å²) < 4.78 is 13.9. The second-order valence-corrected chi connectivity index (χ2v) is 11.2. The van der Waals surface area contributed by atoms with Gasteiger partial charge in [-0.3, -0.25) is 4.79 Å². The molecule has 0 saturated carbocycles. The summed E-state index contributed by atoms with van der Waals surface area (Å²) in [5, 5.41) is 0. The summed E-state index contributed by atoms with van der Waals surface area (Å²) in [6.45, 7) is 5.80. The molecule has 0 radical (unpaired) electrons. The van der Waals surface area contributed by atoms with Crippen LogP contribution in [0.1, 0.15) is 43.0 Å². The first-order valence-corrected chi connectivity index (χ1v) is 13.5. The van der Waals surface area contributed by atoms with Crippen molar-refractivity contribution in [3.8, 4) is 0 Å². The number of Topliss-reactive ketones (excluding diaryl/α,β-unsaturated/α-hetero) is 1. The van der Waals surface area contributed by atoms with E-state index in [1.807, 2.05) is 69.3 Å². The van der Waals surface area contributed by atoms with Crippen LogP contribution in [0.25, 0.3) is 22.3 Å². The summed E-state index contributed by atoms with van der Waals surface area (Å²) in [5.74, 6) is -1.01. The molecule has 0 aromatic heterocycles. The van der Waals surface area contributed by atoms with Gasteiger partial charge in [0.15, 0.2) is 23.3 Å². The minimum Gasteiger partial charge on any atom is -0.334 e. The maximum absolute atomic E-state index is 14.2. The highest BCUT2D eigenvalue weighted by Crippen LogP contribution is 2.68. The van der Waals surface area contributed by atoms with Crippen molar-refractivity contribution in [3.63, 3.8) is 0 Å². The van der Waals surface area contributed by atoms with E-state index in [4.69, 9.17) is 9.47 Å². The number of ketones is 1. The number of rotatable bonds is 4. The number of benzene rings is 4. The molecule has 0 unspecified atom stereocenters. The van der Waals surface area contributed by atoms with E-state index in [1.54, 1.807) is 0 Å². The van der Waals surface area contributed by atoms with Crippen LogP contribution < -0.4 is 0 Å². The molecule has 0 N–H and O–H groups in total. The molecule has 2 saturated heterocycles. The average Bonchev–Trinajstić information content (AvgIpc) is 3.52. The first kappa shape index (κ1) is 24.0. The summed E-state index contributed by atoms with van der Waals surface area (Å²) in [4.78, 5) is 14.2. The lowest BCUT2D eigenvalue weighted by Gasteiger charge is -2.44. The zero-order chi connectivity index (χ0) is 26.8. The van der Waals surface area contributed by atoms with E-state index in [1.165, 1.54) is 0 Å². The lowest BCUT2D eigenvalue weighted by atomic mass is 9.69. The summed E-state index contributed by atoms with van der Waals surface area (Å²) in [7, 11) is 0. The summed E-state index contributed by atoms with van der Waals surface area (Å²) >= 11 is 0. The molecule has 7 rings (SSSR count). The van der Waals surface area contributed by atoms with Crippen LogP contribution in [0.5, 0.6) is 0 Å². The molecule has 2 fully saturated rings. The standard InChI is InChI=1S/C36H30O3/c1-34(2)32(37)33-36(39-35(34,3)38-33)30(26-20-12-6-13-21-26)28(24-16-8-4-9-17-24)29(25-18-10-5-11-19-25)31(36)27-22-14-7-15-23-27/h4-23,33H,1-3H3/t33-,35-/m0/s1. The molecule has 0 amide bonds. The van der Waals surface area contributed by atoms with Gasteiger partial charge >= 0.3 is 0 Å². The van der Waals surface area contributed by atoms with Gasteiger partial charge in [-0.25, -0.2) is 0 Å². The van der Waals surface area contributed by atoms with Crippen LogP contribution in [-0.2, 0) is 14.3 Å². The Labute approximate surface area is 229 Å². The Balaban J connectivity index is 1.67. The van der Waals surface area contributed by atoms with Crippen LogP contribution in [-0.4, -0.2) is 23.3 Å². The number of ether oxygens (including phenoxy) is 2. The van der Waals surface area contributed by atoms with E-state index >= 15 is 0 Å². The zero-order valence-corrected chi connectivity index (χ0v) is 22.3. The third-order valence-corrected chi connectivity index (χ3v) is 8.80. The minimum absolute atomic E-state index is 0.0693. The fourth-order valence-electron chi connectivity index (χ4n) is 6.58. The lowest BCUT2D eigenvalue weighted by molar-refractivity contribution is -0.203. The molecule has 2 heterocycles. The average molecular weight is 511 g/mol. The van der Waals surface area contributed by atoms with Gasteiger partial charge in [0.05, 0.1) is 5.41 Å². The molecule has 2 bridgehead atoms. The fraction of sp³-hybridized carbons (Fsp3) is 0.194. The van der Waals surface area contributed by atoms with Gasteiger partial charge in [0.1, 0.15) is 0 Å². The molecule has 4 aromatic rings. The molecule has 39 heavy (non-hydrogen) atoms. The van der Waals surface area contributed by atoms with Gasteiger partial charge in [0.25, 0.3) is 0 Å². The lowest BCUT2D eigenvalue weighted by Crippen LogP contribution is -2.57. The Hall–Kier alpha value is -4.05. The summed E-state index contributed by atoms with van der Waals surface area (Å²) in [5.41, 5.74) is 6.35. The monoisotopic (exact) mass is 510 g/mol. The van der Waals surface area contributed by atoms with Gasteiger partial charge in [-0.05, 0) is 54.2 Å². The summed E-state index contributed by atoms with van der Waals surface area (Å²) in [6, 6.07) is 41.6. The van der Waals surface area contributed by atoms with Crippen LogP contribution in [0.3, 0.4) is 0 Å². The number of carbonyl (C=O) groups excluding carboxylic acids is 1. The van der Waals surface area contributed by atoms with E-state index < -0.39 is 22.9 Å². The first-order valence-electron chi connectivity index (χ1n) is 13.5. The molecule has 192 valence electrons. The van der Waals surface area contributed by atoms with Crippen LogP contribution >= 0.6 is 0 Å². The highest BCUT2D eigenvalue weighted by molar-refractivity contribution is 6.32. The van der Waals surface area contributed by atoms with Crippen LogP contribution in [0.2, 0.25) is 0 Å². The number of allylic oxidation sites excluding steroid dienone is 2. The molecule has 3 heteroatoms. The molecular weight excluding hydrogens is 480 g/mol. The molecule has 1 spiro atoms.